The number of fused-ring (bicyclic) bond motifs is 1. The van der Waals surface area contributed by atoms with Crippen molar-refractivity contribution in [2.75, 3.05) is 13.1 Å². The predicted octanol–water partition coefficient (Wildman–Crippen LogP) is 3.48. The zero-order valence-electron chi connectivity index (χ0n) is 13.5. The van der Waals surface area contributed by atoms with E-state index in [1.807, 2.05) is 18.5 Å². The molecule has 2 aromatic rings. The minimum atomic E-state index is 0.202. The molecule has 1 amide bonds. The molecule has 0 N–H and O–H groups in total. The molecular weight excluding hydrogens is 274 g/mol. The van der Waals surface area contributed by atoms with Gasteiger partial charge in [-0.05, 0) is 37.8 Å². The maximum Gasteiger partial charge on any atom is 0.225 e. The van der Waals surface area contributed by atoms with E-state index >= 15 is 0 Å². The van der Waals surface area contributed by atoms with Crippen LogP contribution in [-0.4, -0.2) is 33.3 Å². The topological polar surface area (TPSA) is 37.6 Å². The Morgan fingerprint density at radius 1 is 1.27 bits per heavy atom. The van der Waals surface area contributed by atoms with E-state index < -0.39 is 0 Å². The quantitative estimate of drug-likeness (QED) is 0.867. The van der Waals surface area contributed by atoms with Crippen molar-refractivity contribution in [2.24, 2.45) is 5.92 Å². The highest BCUT2D eigenvalue weighted by molar-refractivity contribution is 5.78. The fraction of sp³-hybridized carbons (Fsp3) is 0.556. The van der Waals surface area contributed by atoms with E-state index in [2.05, 4.69) is 40.3 Å². The summed E-state index contributed by atoms with van der Waals surface area (Å²) >= 11 is 0. The Morgan fingerprint density at radius 3 is 2.68 bits per heavy atom. The molecule has 4 heteroatoms. The van der Waals surface area contributed by atoms with Crippen LogP contribution in [0.15, 0.2) is 30.6 Å². The second kappa shape index (κ2) is 6.51. The van der Waals surface area contributed by atoms with Crippen molar-refractivity contribution in [1.82, 2.24) is 14.3 Å². The standard InChI is InChI=1S/C18H25N3O/c1-3-14(4-2)18(22)20-11-8-15(9-12-20)16-6-5-7-17-19-10-13-21(16)17/h5-7,10,13-15H,3-4,8-9,11-12H2,1-2H3. The number of imidazole rings is 1. The van der Waals surface area contributed by atoms with Crippen molar-refractivity contribution in [3.8, 4) is 0 Å². The van der Waals surface area contributed by atoms with Gasteiger partial charge in [0.15, 0.2) is 0 Å². The Bertz CT molecular complexity index is 637. The van der Waals surface area contributed by atoms with Crippen molar-refractivity contribution in [3.63, 3.8) is 0 Å². The second-order valence-corrected chi connectivity index (χ2v) is 6.22. The summed E-state index contributed by atoms with van der Waals surface area (Å²) in [6, 6.07) is 6.31. The Labute approximate surface area is 132 Å². The molecule has 0 aliphatic carbocycles. The molecule has 1 fully saturated rings. The number of carbonyl (C=O) groups excluding carboxylic acids is 1. The number of hydrogen-bond donors (Lipinski definition) is 0. The van der Waals surface area contributed by atoms with Crippen molar-refractivity contribution < 1.29 is 4.79 Å². The number of nitrogens with zero attached hydrogens (tertiary/aromatic N) is 3. The van der Waals surface area contributed by atoms with E-state index in [9.17, 15) is 4.79 Å². The lowest BCUT2D eigenvalue weighted by atomic mass is 9.91. The minimum Gasteiger partial charge on any atom is -0.342 e. The maximum atomic E-state index is 12.5. The first kappa shape index (κ1) is 15.1. The molecular formula is C18H25N3O. The number of aromatic nitrogens is 2. The number of carbonyl (C=O) groups is 1. The van der Waals surface area contributed by atoms with Crippen LogP contribution in [0.2, 0.25) is 0 Å². The van der Waals surface area contributed by atoms with Gasteiger partial charge in [0, 0.05) is 43.0 Å². The van der Waals surface area contributed by atoms with Gasteiger partial charge in [-0.2, -0.15) is 0 Å². The Hall–Kier alpha value is -1.84. The van der Waals surface area contributed by atoms with Crippen molar-refractivity contribution >= 4 is 11.6 Å². The fourth-order valence-electron chi connectivity index (χ4n) is 3.59. The molecule has 118 valence electrons. The molecule has 0 saturated carbocycles. The first-order valence-corrected chi connectivity index (χ1v) is 8.45. The normalized spacial score (nSPS) is 16.6. The summed E-state index contributed by atoms with van der Waals surface area (Å²) in [5.41, 5.74) is 2.33. The average Bonchev–Trinajstić information content (AvgIpc) is 3.04. The summed E-state index contributed by atoms with van der Waals surface area (Å²) in [6.45, 7) is 5.98. The van der Waals surface area contributed by atoms with Crippen LogP contribution in [0, 0.1) is 5.92 Å². The molecule has 1 aliphatic rings. The van der Waals surface area contributed by atoms with E-state index in [1.165, 1.54) is 5.69 Å². The molecule has 1 aliphatic heterocycles. The Morgan fingerprint density at radius 2 is 2.00 bits per heavy atom. The van der Waals surface area contributed by atoms with E-state index in [0.717, 1.165) is 44.4 Å². The van der Waals surface area contributed by atoms with Crippen molar-refractivity contribution in [1.29, 1.82) is 0 Å². The Balaban J connectivity index is 1.69. The molecule has 3 rings (SSSR count). The third kappa shape index (κ3) is 2.74. The summed E-state index contributed by atoms with van der Waals surface area (Å²) in [6.07, 6.45) is 7.87. The van der Waals surface area contributed by atoms with Crippen LogP contribution in [0.3, 0.4) is 0 Å². The predicted molar refractivity (Wildman–Crippen MR) is 87.8 cm³/mol. The lowest BCUT2D eigenvalue weighted by Crippen LogP contribution is -2.41. The van der Waals surface area contributed by atoms with Gasteiger partial charge in [0.2, 0.25) is 5.91 Å². The number of hydrogen-bond acceptors (Lipinski definition) is 2. The second-order valence-electron chi connectivity index (χ2n) is 6.22. The van der Waals surface area contributed by atoms with Gasteiger partial charge in [0.1, 0.15) is 5.65 Å². The molecule has 0 radical (unpaired) electrons. The number of piperidine rings is 1. The van der Waals surface area contributed by atoms with Crippen LogP contribution in [0.25, 0.3) is 5.65 Å². The smallest absolute Gasteiger partial charge is 0.225 e. The highest BCUT2D eigenvalue weighted by Crippen LogP contribution is 2.29. The molecule has 0 aromatic carbocycles. The zero-order chi connectivity index (χ0) is 15.5. The van der Waals surface area contributed by atoms with E-state index in [-0.39, 0.29) is 5.92 Å². The minimum absolute atomic E-state index is 0.202. The number of pyridine rings is 1. The van der Waals surface area contributed by atoms with Gasteiger partial charge in [-0.3, -0.25) is 4.79 Å². The molecule has 0 unspecified atom stereocenters. The van der Waals surface area contributed by atoms with Gasteiger partial charge in [0.25, 0.3) is 0 Å². The molecule has 0 atom stereocenters. The van der Waals surface area contributed by atoms with Crippen LogP contribution in [-0.2, 0) is 4.79 Å². The third-order valence-corrected chi connectivity index (χ3v) is 5.02. The van der Waals surface area contributed by atoms with Gasteiger partial charge in [-0.25, -0.2) is 4.98 Å². The average molecular weight is 299 g/mol. The lowest BCUT2D eigenvalue weighted by molar-refractivity contribution is -0.136. The van der Waals surface area contributed by atoms with Gasteiger partial charge < -0.3 is 9.30 Å². The number of amides is 1. The molecule has 1 saturated heterocycles. The monoisotopic (exact) mass is 299 g/mol. The van der Waals surface area contributed by atoms with Gasteiger partial charge >= 0.3 is 0 Å². The lowest BCUT2D eigenvalue weighted by Gasteiger charge is -2.34. The Kier molecular flexibility index (Phi) is 4.46. The molecule has 2 aromatic heterocycles. The largest absolute Gasteiger partial charge is 0.342 e. The van der Waals surface area contributed by atoms with Crippen LogP contribution < -0.4 is 0 Å². The van der Waals surface area contributed by atoms with Crippen molar-refractivity contribution in [2.45, 2.75) is 45.4 Å². The molecule has 0 bridgehead atoms. The maximum absolute atomic E-state index is 12.5. The van der Waals surface area contributed by atoms with Crippen LogP contribution in [0.1, 0.15) is 51.1 Å². The highest BCUT2D eigenvalue weighted by Gasteiger charge is 2.27. The van der Waals surface area contributed by atoms with Gasteiger partial charge in [-0.1, -0.05) is 19.9 Å². The third-order valence-electron chi connectivity index (χ3n) is 5.02. The molecule has 0 spiro atoms. The summed E-state index contributed by atoms with van der Waals surface area (Å²) in [5, 5.41) is 0. The first-order chi connectivity index (χ1) is 10.7. The van der Waals surface area contributed by atoms with Gasteiger partial charge in [0.05, 0.1) is 0 Å². The summed E-state index contributed by atoms with van der Waals surface area (Å²) in [4.78, 5) is 18.9. The van der Waals surface area contributed by atoms with Gasteiger partial charge in [-0.15, -0.1) is 0 Å². The number of rotatable bonds is 4. The first-order valence-electron chi connectivity index (χ1n) is 8.45. The van der Waals surface area contributed by atoms with E-state index in [1.54, 1.807) is 0 Å². The SMILES string of the molecule is CCC(CC)C(=O)N1CCC(c2cccc3nccn23)CC1. The zero-order valence-corrected chi connectivity index (χ0v) is 13.5. The molecule has 3 heterocycles. The summed E-state index contributed by atoms with van der Waals surface area (Å²) in [5.74, 6) is 1.07. The summed E-state index contributed by atoms with van der Waals surface area (Å²) in [7, 11) is 0. The number of likely N-dealkylation sites (tertiary alicyclic amines) is 1. The molecule has 22 heavy (non-hydrogen) atoms. The fourth-order valence-corrected chi connectivity index (χ4v) is 3.59. The van der Waals surface area contributed by atoms with E-state index in [0.29, 0.717) is 11.8 Å². The van der Waals surface area contributed by atoms with Crippen LogP contribution in [0.4, 0.5) is 0 Å². The van der Waals surface area contributed by atoms with Crippen LogP contribution in [0.5, 0.6) is 0 Å². The molecule has 4 nitrogen and oxygen atoms in total. The van der Waals surface area contributed by atoms with Crippen molar-refractivity contribution in [3.05, 3.63) is 36.3 Å². The van der Waals surface area contributed by atoms with E-state index in [4.69, 9.17) is 0 Å². The highest BCUT2D eigenvalue weighted by atomic mass is 16.2. The van der Waals surface area contributed by atoms with Crippen LogP contribution >= 0.6 is 0 Å². The summed E-state index contributed by atoms with van der Waals surface area (Å²) < 4.78 is 2.18.